The zero-order chi connectivity index (χ0) is 9.31. The number of carbonyl (C=O) groups excluding carboxylic acids is 1. The summed E-state index contributed by atoms with van der Waals surface area (Å²) in [6, 6.07) is 0.627. The SMILES string of the molecule is CC1(CNC(=O)CNC2CC2)CC1. The summed E-state index contributed by atoms with van der Waals surface area (Å²) in [5.41, 5.74) is 0.426. The van der Waals surface area contributed by atoms with E-state index >= 15 is 0 Å². The van der Waals surface area contributed by atoms with E-state index in [1.54, 1.807) is 0 Å². The van der Waals surface area contributed by atoms with E-state index in [0.717, 1.165) is 6.54 Å². The first-order chi connectivity index (χ1) is 6.18. The lowest BCUT2D eigenvalue weighted by Crippen LogP contribution is -2.37. The summed E-state index contributed by atoms with van der Waals surface area (Å²) in [7, 11) is 0. The summed E-state index contributed by atoms with van der Waals surface area (Å²) in [6.45, 7) is 3.58. The normalized spacial score (nSPS) is 24.1. The van der Waals surface area contributed by atoms with Crippen LogP contribution in [0.1, 0.15) is 32.6 Å². The van der Waals surface area contributed by atoms with E-state index in [9.17, 15) is 4.79 Å². The molecule has 2 saturated carbocycles. The van der Waals surface area contributed by atoms with Crippen molar-refractivity contribution in [1.82, 2.24) is 10.6 Å². The van der Waals surface area contributed by atoms with Crippen molar-refractivity contribution in [1.29, 1.82) is 0 Å². The molecule has 3 nitrogen and oxygen atoms in total. The van der Waals surface area contributed by atoms with Crippen molar-refractivity contribution in [2.24, 2.45) is 5.41 Å². The predicted octanol–water partition coefficient (Wildman–Crippen LogP) is 0.655. The summed E-state index contributed by atoms with van der Waals surface area (Å²) in [4.78, 5) is 11.3. The van der Waals surface area contributed by atoms with E-state index in [-0.39, 0.29) is 5.91 Å². The minimum absolute atomic E-state index is 0.153. The van der Waals surface area contributed by atoms with E-state index in [4.69, 9.17) is 0 Å². The minimum Gasteiger partial charge on any atom is -0.354 e. The quantitative estimate of drug-likeness (QED) is 0.655. The summed E-state index contributed by atoms with van der Waals surface area (Å²) in [5.74, 6) is 0.153. The van der Waals surface area contributed by atoms with E-state index in [2.05, 4.69) is 17.6 Å². The number of amides is 1. The minimum atomic E-state index is 0.153. The van der Waals surface area contributed by atoms with Gasteiger partial charge in [0.05, 0.1) is 6.54 Å². The van der Waals surface area contributed by atoms with Crippen LogP contribution in [0.5, 0.6) is 0 Å². The van der Waals surface area contributed by atoms with E-state index in [1.807, 2.05) is 0 Å². The van der Waals surface area contributed by atoms with E-state index < -0.39 is 0 Å². The Hall–Kier alpha value is -0.570. The molecule has 0 aromatic carbocycles. The number of nitrogens with one attached hydrogen (secondary N) is 2. The van der Waals surface area contributed by atoms with E-state index in [0.29, 0.717) is 18.0 Å². The molecule has 2 aliphatic carbocycles. The highest BCUT2D eigenvalue weighted by Crippen LogP contribution is 2.43. The second-order valence-electron chi connectivity index (χ2n) is 4.74. The van der Waals surface area contributed by atoms with Gasteiger partial charge in [0.15, 0.2) is 0 Å². The molecule has 0 atom stereocenters. The maximum Gasteiger partial charge on any atom is 0.233 e. The largest absolute Gasteiger partial charge is 0.354 e. The zero-order valence-electron chi connectivity index (χ0n) is 8.23. The maximum absolute atomic E-state index is 11.3. The molecule has 0 radical (unpaired) electrons. The number of hydrogen-bond donors (Lipinski definition) is 2. The summed E-state index contributed by atoms with van der Waals surface area (Å²) in [6.07, 6.45) is 5.02. The van der Waals surface area contributed by atoms with Crippen molar-refractivity contribution >= 4 is 5.91 Å². The van der Waals surface area contributed by atoms with Crippen LogP contribution in [0, 0.1) is 5.41 Å². The average Bonchev–Trinajstić information content (AvgIpc) is 2.95. The van der Waals surface area contributed by atoms with Crippen LogP contribution in [0.25, 0.3) is 0 Å². The maximum atomic E-state index is 11.3. The lowest BCUT2D eigenvalue weighted by atomic mass is 10.1. The first-order valence-corrected chi connectivity index (χ1v) is 5.18. The Morgan fingerprint density at radius 1 is 1.46 bits per heavy atom. The summed E-state index contributed by atoms with van der Waals surface area (Å²) in [5, 5.41) is 6.17. The van der Waals surface area contributed by atoms with Gasteiger partial charge in [0, 0.05) is 12.6 Å². The van der Waals surface area contributed by atoms with Crippen molar-refractivity contribution in [2.75, 3.05) is 13.1 Å². The molecule has 1 amide bonds. The number of carbonyl (C=O) groups is 1. The van der Waals surface area contributed by atoms with Gasteiger partial charge >= 0.3 is 0 Å². The molecule has 0 unspecified atom stereocenters. The lowest BCUT2D eigenvalue weighted by molar-refractivity contribution is -0.120. The topological polar surface area (TPSA) is 41.1 Å². The van der Waals surface area contributed by atoms with Crippen molar-refractivity contribution in [3.63, 3.8) is 0 Å². The third-order valence-electron chi connectivity index (χ3n) is 2.94. The van der Waals surface area contributed by atoms with Gasteiger partial charge in [-0.3, -0.25) is 4.79 Å². The Labute approximate surface area is 79.3 Å². The smallest absolute Gasteiger partial charge is 0.233 e. The monoisotopic (exact) mass is 182 g/mol. The van der Waals surface area contributed by atoms with Crippen LogP contribution >= 0.6 is 0 Å². The third kappa shape index (κ3) is 2.99. The van der Waals surface area contributed by atoms with Crippen molar-refractivity contribution in [3.05, 3.63) is 0 Å². The van der Waals surface area contributed by atoms with Crippen molar-refractivity contribution in [3.8, 4) is 0 Å². The van der Waals surface area contributed by atoms with E-state index in [1.165, 1.54) is 25.7 Å². The van der Waals surface area contributed by atoms with Gasteiger partial charge in [0.25, 0.3) is 0 Å². The van der Waals surface area contributed by atoms with Crippen LogP contribution in [0.3, 0.4) is 0 Å². The van der Waals surface area contributed by atoms with Crippen LogP contribution in [0.4, 0.5) is 0 Å². The highest BCUT2D eigenvalue weighted by Gasteiger charge is 2.37. The molecule has 2 N–H and O–H groups in total. The summed E-state index contributed by atoms with van der Waals surface area (Å²) < 4.78 is 0. The van der Waals surface area contributed by atoms with Crippen LogP contribution in [0.15, 0.2) is 0 Å². The molecule has 3 heteroatoms. The molecular formula is C10H18N2O. The molecule has 0 spiro atoms. The molecule has 0 saturated heterocycles. The van der Waals surface area contributed by atoms with Gasteiger partial charge in [-0.2, -0.15) is 0 Å². The van der Waals surface area contributed by atoms with Gasteiger partial charge in [-0.25, -0.2) is 0 Å². The first-order valence-electron chi connectivity index (χ1n) is 5.18. The molecule has 2 rings (SSSR count). The molecule has 74 valence electrons. The number of hydrogen-bond acceptors (Lipinski definition) is 2. The highest BCUT2D eigenvalue weighted by molar-refractivity contribution is 5.78. The van der Waals surface area contributed by atoms with Crippen LogP contribution in [-0.4, -0.2) is 25.0 Å². The molecule has 2 aliphatic rings. The Kier molecular flexibility index (Phi) is 2.28. The van der Waals surface area contributed by atoms with Gasteiger partial charge in [0.1, 0.15) is 0 Å². The van der Waals surface area contributed by atoms with Gasteiger partial charge in [-0.1, -0.05) is 6.92 Å². The van der Waals surface area contributed by atoms with Crippen molar-refractivity contribution < 1.29 is 4.79 Å². The lowest BCUT2D eigenvalue weighted by Gasteiger charge is -2.10. The first kappa shape index (κ1) is 9.00. The molecule has 0 aromatic rings. The highest BCUT2D eigenvalue weighted by atomic mass is 16.1. The van der Waals surface area contributed by atoms with Crippen LogP contribution in [-0.2, 0) is 4.79 Å². The predicted molar refractivity (Wildman–Crippen MR) is 51.4 cm³/mol. The third-order valence-corrected chi connectivity index (χ3v) is 2.94. The molecule has 13 heavy (non-hydrogen) atoms. The molecule has 0 heterocycles. The Balaban J connectivity index is 1.55. The molecule has 0 aromatic heterocycles. The standard InChI is InChI=1S/C10H18N2O/c1-10(4-5-10)7-12-9(13)6-11-8-2-3-8/h8,11H,2-7H2,1H3,(H,12,13). The molecule has 2 fully saturated rings. The molecule has 0 aliphatic heterocycles. The fraction of sp³-hybridized carbons (Fsp3) is 0.900. The Morgan fingerprint density at radius 2 is 2.15 bits per heavy atom. The van der Waals surface area contributed by atoms with Crippen molar-refractivity contribution in [2.45, 2.75) is 38.6 Å². The fourth-order valence-corrected chi connectivity index (χ4v) is 1.29. The number of rotatable bonds is 5. The Morgan fingerprint density at radius 3 is 2.69 bits per heavy atom. The second-order valence-corrected chi connectivity index (χ2v) is 4.74. The Bertz CT molecular complexity index is 207. The van der Waals surface area contributed by atoms with Crippen LogP contribution < -0.4 is 10.6 Å². The molecule has 0 bridgehead atoms. The van der Waals surface area contributed by atoms with Gasteiger partial charge < -0.3 is 10.6 Å². The summed E-state index contributed by atoms with van der Waals surface area (Å²) >= 11 is 0. The molecular weight excluding hydrogens is 164 g/mol. The average molecular weight is 182 g/mol. The second kappa shape index (κ2) is 3.29. The fourth-order valence-electron chi connectivity index (χ4n) is 1.29. The van der Waals surface area contributed by atoms with Gasteiger partial charge in [0.2, 0.25) is 5.91 Å². The zero-order valence-corrected chi connectivity index (χ0v) is 8.23. The van der Waals surface area contributed by atoms with Gasteiger partial charge in [-0.05, 0) is 31.1 Å². The van der Waals surface area contributed by atoms with Gasteiger partial charge in [-0.15, -0.1) is 0 Å². The van der Waals surface area contributed by atoms with Crippen LogP contribution in [0.2, 0.25) is 0 Å².